The van der Waals surface area contributed by atoms with E-state index in [4.69, 9.17) is 0 Å². The van der Waals surface area contributed by atoms with Crippen LogP contribution in [0.3, 0.4) is 0 Å². The second-order valence-electron chi connectivity index (χ2n) is 16.1. The lowest BCUT2D eigenvalue weighted by atomic mass is 10.0. The lowest BCUT2D eigenvalue weighted by Crippen LogP contribution is -2.10. The van der Waals surface area contributed by atoms with E-state index in [1.54, 1.807) is 0 Å². The molecule has 13 rings (SSSR count). The summed E-state index contributed by atoms with van der Waals surface area (Å²) < 4.78 is 7.62. The fraction of sp³-hybridized carbons (Fsp3) is 0. The van der Waals surface area contributed by atoms with Gasteiger partial charge < -0.3 is 14.4 Å². The molecule has 0 radical (unpaired) electrons. The number of nitrogens with zero attached hydrogens (tertiary/aromatic N) is 3. The second kappa shape index (κ2) is 14.5. The summed E-state index contributed by atoms with van der Waals surface area (Å²) in [7, 11) is 0. The Morgan fingerprint density at radius 3 is 1.40 bits per heavy atom. The van der Waals surface area contributed by atoms with Gasteiger partial charge in [0.1, 0.15) is 0 Å². The van der Waals surface area contributed by atoms with Crippen molar-refractivity contribution in [2.75, 3.05) is 9.80 Å². The molecular formula is C58H37N3S2. The van der Waals surface area contributed by atoms with E-state index >= 15 is 0 Å². The molecule has 0 spiro atoms. The van der Waals surface area contributed by atoms with Gasteiger partial charge in [-0.2, -0.15) is 0 Å². The summed E-state index contributed by atoms with van der Waals surface area (Å²) in [5, 5.41) is 10.0. The van der Waals surface area contributed by atoms with E-state index in [9.17, 15) is 0 Å². The molecule has 3 heterocycles. The monoisotopic (exact) mass is 839 g/mol. The minimum Gasteiger partial charge on any atom is -0.309 e. The number of fused-ring (bicyclic) bond motifs is 10. The standard InChI is InChI=1S/C58H37N3S2/c1-4-16-40(17-5-1)59(51-26-14-24-48-46-22-10-12-28-55(46)62-57(48)51)43-31-30-38-35-50-45-33-32-44(37-54(45)61(42-20-8-3-9-21-42)53(50)36-39(38)34-43)60(41-18-6-2-7-19-41)52-27-15-25-49-47-23-11-13-29-56(47)63-58(49)52/h1-37H. The molecule has 0 saturated heterocycles. The third-order valence-corrected chi connectivity index (χ3v) is 14.9. The maximum absolute atomic E-state index is 2.45. The van der Waals surface area contributed by atoms with Gasteiger partial charge in [-0.25, -0.2) is 0 Å². The molecule has 3 aromatic heterocycles. The molecule has 63 heavy (non-hydrogen) atoms. The molecule has 0 saturated carbocycles. The first kappa shape index (κ1) is 36.0. The van der Waals surface area contributed by atoms with Crippen molar-refractivity contribution < 1.29 is 0 Å². The van der Waals surface area contributed by atoms with Crippen LogP contribution < -0.4 is 9.80 Å². The molecule has 5 heteroatoms. The van der Waals surface area contributed by atoms with Gasteiger partial charge >= 0.3 is 0 Å². The number of hydrogen-bond donors (Lipinski definition) is 0. The van der Waals surface area contributed by atoms with Crippen molar-refractivity contribution in [3.05, 3.63) is 224 Å². The lowest BCUT2D eigenvalue weighted by Gasteiger charge is -2.26. The first-order valence-electron chi connectivity index (χ1n) is 21.3. The summed E-state index contributed by atoms with van der Waals surface area (Å²) in [6.45, 7) is 0. The first-order chi connectivity index (χ1) is 31.2. The third kappa shape index (κ3) is 5.78. The minimum atomic E-state index is 1.11. The molecule has 0 bridgehead atoms. The lowest BCUT2D eigenvalue weighted by molar-refractivity contribution is 1.18. The van der Waals surface area contributed by atoms with Gasteiger partial charge in [-0.1, -0.05) is 127 Å². The Labute approximate surface area is 372 Å². The summed E-state index contributed by atoms with van der Waals surface area (Å²) in [6, 6.07) is 82.1. The maximum Gasteiger partial charge on any atom is 0.0640 e. The van der Waals surface area contributed by atoms with E-state index < -0.39 is 0 Å². The molecule has 13 aromatic rings. The van der Waals surface area contributed by atoms with Gasteiger partial charge in [0.05, 0.1) is 31.8 Å². The minimum absolute atomic E-state index is 1.11. The normalized spacial score (nSPS) is 11.8. The second-order valence-corrected chi connectivity index (χ2v) is 18.2. The van der Waals surface area contributed by atoms with Gasteiger partial charge in [0.15, 0.2) is 0 Å². The Balaban J connectivity index is 1.03. The number of rotatable bonds is 7. The van der Waals surface area contributed by atoms with Crippen LogP contribution in [0.15, 0.2) is 224 Å². The van der Waals surface area contributed by atoms with E-state index in [0.29, 0.717) is 0 Å². The van der Waals surface area contributed by atoms with E-state index in [1.165, 1.54) is 78.8 Å². The van der Waals surface area contributed by atoms with Gasteiger partial charge in [-0.15, -0.1) is 22.7 Å². The summed E-state index contributed by atoms with van der Waals surface area (Å²) in [5.41, 5.74) is 10.3. The largest absolute Gasteiger partial charge is 0.309 e. The average molecular weight is 840 g/mol. The highest BCUT2D eigenvalue weighted by atomic mass is 32.1. The van der Waals surface area contributed by atoms with Crippen molar-refractivity contribution in [1.29, 1.82) is 0 Å². The molecule has 3 nitrogen and oxygen atoms in total. The Hall–Kier alpha value is -7.70. The Morgan fingerprint density at radius 2 is 0.794 bits per heavy atom. The van der Waals surface area contributed by atoms with Crippen LogP contribution in [0.1, 0.15) is 0 Å². The molecule has 10 aromatic carbocycles. The van der Waals surface area contributed by atoms with Gasteiger partial charge in [0.2, 0.25) is 0 Å². The first-order valence-corrected chi connectivity index (χ1v) is 23.0. The third-order valence-electron chi connectivity index (χ3n) is 12.5. The van der Waals surface area contributed by atoms with E-state index in [-0.39, 0.29) is 0 Å². The molecule has 0 N–H and O–H groups in total. The molecule has 0 aliphatic carbocycles. The predicted octanol–water partition coefficient (Wildman–Crippen LogP) is 17.6. The van der Waals surface area contributed by atoms with Crippen LogP contribution in [-0.2, 0) is 0 Å². The van der Waals surface area contributed by atoms with Crippen molar-refractivity contribution >= 4 is 130 Å². The predicted molar refractivity (Wildman–Crippen MR) is 273 cm³/mol. The highest BCUT2D eigenvalue weighted by molar-refractivity contribution is 7.26. The number of hydrogen-bond acceptors (Lipinski definition) is 4. The van der Waals surface area contributed by atoms with Crippen molar-refractivity contribution in [2.45, 2.75) is 0 Å². The maximum atomic E-state index is 2.45. The SMILES string of the molecule is c1ccc(N(c2ccc3cc4c5ccc(N(c6ccccc6)c6cccc7c6sc6ccccc67)cc5n(-c5ccccc5)c4cc3c2)c2cccc3c2sc2ccccc23)cc1. The van der Waals surface area contributed by atoms with Crippen LogP contribution in [0.4, 0.5) is 34.1 Å². The average Bonchev–Trinajstić information content (AvgIpc) is 4.02. The molecule has 296 valence electrons. The Bertz CT molecular complexity index is 3870. The van der Waals surface area contributed by atoms with Gasteiger partial charge in [-0.3, -0.25) is 0 Å². The van der Waals surface area contributed by atoms with Gasteiger partial charge in [0.25, 0.3) is 0 Å². The number of anilines is 6. The molecular weight excluding hydrogens is 803 g/mol. The molecule has 0 aliphatic rings. The van der Waals surface area contributed by atoms with Crippen molar-refractivity contribution in [2.24, 2.45) is 0 Å². The summed E-state index contributed by atoms with van der Waals surface area (Å²) in [4.78, 5) is 4.86. The van der Waals surface area contributed by atoms with Crippen LogP contribution in [-0.4, -0.2) is 4.57 Å². The number of thiophene rings is 2. The topological polar surface area (TPSA) is 11.4 Å². The van der Waals surface area contributed by atoms with Crippen molar-refractivity contribution in [3.63, 3.8) is 0 Å². The molecule has 0 unspecified atom stereocenters. The summed E-state index contributed by atoms with van der Waals surface area (Å²) in [6.07, 6.45) is 0. The van der Waals surface area contributed by atoms with E-state index in [1.807, 2.05) is 22.7 Å². The van der Waals surface area contributed by atoms with E-state index in [2.05, 4.69) is 239 Å². The zero-order valence-electron chi connectivity index (χ0n) is 34.0. The molecule has 0 amide bonds. The molecule has 0 fully saturated rings. The number of benzene rings is 10. The van der Waals surface area contributed by atoms with Crippen molar-refractivity contribution in [1.82, 2.24) is 4.57 Å². The summed E-state index contributed by atoms with van der Waals surface area (Å²) >= 11 is 3.73. The van der Waals surface area contributed by atoms with Crippen molar-refractivity contribution in [3.8, 4) is 5.69 Å². The highest BCUT2D eigenvalue weighted by Crippen LogP contribution is 2.48. The number of aromatic nitrogens is 1. The Morgan fingerprint density at radius 1 is 0.302 bits per heavy atom. The Kier molecular flexibility index (Phi) is 8.26. The molecule has 0 aliphatic heterocycles. The zero-order valence-corrected chi connectivity index (χ0v) is 35.7. The van der Waals surface area contributed by atoms with Crippen LogP contribution >= 0.6 is 22.7 Å². The fourth-order valence-electron chi connectivity index (χ4n) is 9.70. The van der Waals surface area contributed by atoms with E-state index in [0.717, 1.165) is 34.0 Å². The van der Waals surface area contributed by atoms with Gasteiger partial charge in [0, 0.05) is 70.2 Å². The fourth-order valence-corrected chi connectivity index (χ4v) is 12.1. The quantitative estimate of drug-likeness (QED) is 0.158. The van der Waals surface area contributed by atoms with Gasteiger partial charge in [-0.05, 0) is 108 Å². The highest BCUT2D eigenvalue weighted by Gasteiger charge is 2.22. The summed E-state index contributed by atoms with van der Waals surface area (Å²) in [5.74, 6) is 0. The van der Waals surface area contributed by atoms with Crippen LogP contribution in [0.2, 0.25) is 0 Å². The smallest absolute Gasteiger partial charge is 0.0640 e. The van der Waals surface area contributed by atoms with Crippen LogP contribution in [0, 0.1) is 0 Å². The molecule has 0 atom stereocenters. The zero-order chi connectivity index (χ0) is 41.4. The van der Waals surface area contributed by atoms with Crippen LogP contribution in [0.25, 0.3) is 78.6 Å². The van der Waals surface area contributed by atoms with Crippen LogP contribution in [0.5, 0.6) is 0 Å². The number of para-hydroxylation sites is 3.